The Hall–Kier alpha value is -1.40. The van der Waals surface area contributed by atoms with Crippen LogP contribution in [0.4, 0.5) is 11.4 Å². The van der Waals surface area contributed by atoms with E-state index >= 15 is 0 Å². The Labute approximate surface area is 127 Å². The second-order valence-electron chi connectivity index (χ2n) is 3.74. The number of para-hydroxylation sites is 1. The number of aromatic nitrogens is 1. The zero-order chi connectivity index (χ0) is 13.8. The number of hydrogen-bond acceptors (Lipinski definition) is 3. The van der Waals surface area contributed by atoms with Crippen LogP contribution in [-0.4, -0.2) is 17.9 Å². The van der Waals surface area contributed by atoms with Gasteiger partial charge in [0, 0.05) is 13.2 Å². The summed E-state index contributed by atoms with van der Waals surface area (Å²) in [4.78, 5) is 15.9. The maximum atomic E-state index is 11.8. The summed E-state index contributed by atoms with van der Waals surface area (Å²) in [6.07, 6.45) is 1.69. The molecule has 0 aliphatic rings. The van der Waals surface area contributed by atoms with Crippen molar-refractivity contribution < 1.29 is 4.79 Å². The fourth-order valence-electron chi connectivity index (χ4n) is 1.58. The van der Waals surface area contributed by atoms with Gasteiger partial charge in [0.15, 0.2) is 0 Å². The molecule has 1 heterocycles. The van der Waals surface area contributed by atoms with E-state index in [1.165, 1.54) is 0 Å². The topological polar surface area (TPSA) is 54.0 Å². The van der Waals surface area contributed by atoms with Gasteiger partial charge in [-0.3, -0.25) is 4.79 Å². The van der Waals surface area contributed by atoms with Gasteiger partial charge in [-0.2, -0.15) is 0 Å². The fraction of sp³-hybridized carbons (Fsp3) is 0.0769. The maximum absolute atomic E-state index is 11.8. The lowest BCUT2D eigenvalue weighted by Crippen LogP contribution is -2.19. The average Bonchev–Trinajstić information content (AvgIpc) is 2.42. The van der Waals surface area contributed by atoms with Gasteiger partial charge in [0.1, 0.15) is 4.60 Å². The number of hydrogen-bond donors (Lipinski definition) is 2. The van der Waals surface area contributed by atoms with Crippen molar-refractivity contribution in [2.45, 2.75) is 0 Å². The van der Waals surface area contributed by atoms with E-state index < -0.39 is 0 Å². The smallest absolute Gasteiger partial charge is 0.253 e. The van der Waals surface area contributed by atoms with E-state index in [1.807, 2.05) is 24.3 Å². The van der Waals surface area contributed by atoms with Crippen LogP contribution in [0.3, 0.4) is 0 Å². The monoisotopic (exact) mass is 383 g/mol. The highest BCUT2D eigenvalue weighted by atomic mass is 79.9. The number of pyridine rings is 1. The molecule has 2 N–H and O–H groups in total. The summed E-state index contributed by atoms with van der Waals surface area (Å²) >= 11 is 6.74. The molecule has 4 nitrogen and oxygen atoms in total. The first-order valence-corrected chi connectivity index (χ1v) is 7.09. The summed E-state index contributed by atoms with van der Waals surface area (Å²) in [5.74, 6) is -0.132. The van der Waals surface area contributed by atoms with Crippen LogP contribution in [0.1, 0.15) is 10.4 Å². The van der Waals surface area contributed by atoms with Crippen LogP contribution in [0.2, 0.25) is 0 Å². The first-order valence-electron chi connectivity index (χ1n) is 5.51. The Kier molecular flexibility index (Phi) is 4.55. The van der Waals surface area contributed by atoms with Crippen LogP contribution in [0.15, 0.2) is 45.6 Å². The third kappa shape index (κ3) is 3.33. The molecule has 1 aromatic carbocycles. The first-order chi connectivity index (χ1) is 9.11. The quantitative estimate of drug-likeness (QED) is 0.793. The van der Waals surface area contributed by atoms with Gasteiger partial charge < -0.3 is 10.6 Å². The molecule has 19 heavy (non-hydrogen) atoms. The molecule has 2 rings (SSSR count). The lowest BCUT2D eigenvalue weighted by atomic mass is 10.1. The van der Waals surface area contributed by atoms with Crippen molar-refractivity contribution in [1.29, 1.82) is 0 Å². The summed E-state index contributed by atoms with van der Waals surface area (Å²) < 4.78 is 1.54. The highest BCUT2D eigenvalue weighted by molar-refractivity contribution is 9.11. The predicted octanol–water partition coefficient (Wildman–Crippen LogP) is 3.71. The number of anilines is 2. The molecule has 6 heteroatoms. The molecule has 1 amide bonds. The maximum Gasteiger partial charge on any atom is 0.253 e. The van der Waals surface area contributed by atoms with Gasteiger partial charge in [0.2, 0.25) is 0 Å². The molecule has 0 aliphatic heterocycles. The average molecular weight is 385 g/mol. The number of carbonyl (C=O) groups is 1. The van der Waals surface area contributed by atoms with Crippen LogP contribution in [0, 0.1) is 0 Å². The van der Waals surface area contributed by atoms with Crippen LogP contribution >= 0.6 is 31.9 Å². The van der Waals surface area contributed by atoms with Crippen LogP contribution in [-0.2, 0) is 0 Å². The summed E-state index contributed by atoms with van der Waals surface area (Å²) in [7, 11) is 1.61. The number of nitrogens with one attached hydrogen (secondary N) is 2. The minimum Gasteiger partial charge on any atom is -0.355 e. The van der Waals surface area contributed by atoms with Crippen molar-refractivity contribution in [3.8, 4) is 0 Å². The van der Waals surface area contributed by atoms with E-state index in [2.05, 4.69) is 47.5 Å². The first kappa shape index (κ1) is 14.0. The number of halogens is 2. The molecule has 98 valence electrons. The molecule has 0 aliphatic carbocycles. The van der Waals surface area contributed by atoms with Crippen LogP contribution < -0.4 is 10.6 Å². The molecular formula is C13H11Br2N3O. The highest BCUT2D eigenvalue weighted by Crippen LogP contribution is 2.28. The van der Waals surface area contributed by atoms with Crippen molar-refractivity contribution in [1.82, 2.24) is 10.3 Å². The van der Waals surface area contributed by atoms with E-state index in [-0.39, 0.29) is 5.91 Å². The number of carbonyl (C=O) groups excluding carboxylic acids is 1. The van der Waals surface area contributed by atoms with Gasteiger partial charge in [0.05, 0.1) is 21.4 Å². The minimum absolute atomic E-state index is 0.132. The fourth-order valence-corrected chi connectivity index (χ4v) is 2.23. The third-order valence-corrected chi connectivity index (χ3v) is 3.56. The second kappa shape index (κ2) is 6.16. The molecule has 0 unspecified atom stereocenters. The molecular weight excluding hydrogens is 374 g/mol. The standard InChI is InChI=1S/C13H11Br2N3O/c1-16-13(19)8-4-2-3-5-10(8)18-11-6-12(15)17-7-9(11)14/h2-7H,1H3,(H,16,19)(H,17,18). The second-order valence-corrected chi connectivity index (χ2v) is 5.40. The Bertz CT molecular complexity index is 617. The molecule has 0 radical (unpaired) electrons. The molecule has 0 fully saturated rings. The van der Waals surface area contributed by atoms with E-state index in [4.69, 9.17) is 0 Å². The van der Waals surface area contributed by atoms with Gasteiger partial charge >= 0.3 is 0 Å². The van der Waals surface area contributed by atoms with Crippen LogP contribution in [0.25, 0.3) is 0 Å². The number of amides is 1. The third-order valence-electron chi connectivity index (χ3n) is 2.49. The van der Waals surface area contributed by atoms with Crippen molar-refractivity contribution in [3.63, 3.8) is 0 Å². The van der Waals surface area contributed by atoms with Gasteiger partial charge in [-0.25, -0.2) is 4.98 Å². The largest absolute Gasteiger partial charge is 0.355 e. The lowest BCUT2D eigenvalue weighted by molar-refractivity contribution is 0.0964. The summed E-state index contributed by atoms with van der Waals surface area (Å²) in [5.41, 5.74) is 2.16. The van der Waals surface area contributed by atoms with Gasteiger partial charge in [-0.05, 0) is 50.1 Å². The van der Waals surface area contributed by atoms with Gasteiger partial charge in [0.25, 0.3) is 5.91 Å². The number of rotatable bonds is 3. The SMILES string of the molecule is CNC(=O)c1ccccc1Nc1cc(Br)ncc1Br. The van der Waals surface area contributed by atoms with E-state index in [9.17, 15) is 4.79 Å². The Morgan fingerprint density at radius 2 is 1.95 bits per heavy atom. The zero-order valence-electron chi connectivity index (χ0n) is 10.1. The van der Waals surface area contributed by atoms with Crippen molar-refractivity contribution in [2.24, 2.45) is 0 Å². The molecule has 0 saturated heterocycles. The predicted molar refractivity (Wildman–Crippen MR) is 82.8 cm³/mol. The Morgan fingerprint density at radius 1 is 1.21 bits per heavy atom. The Balaban J connectivity index is 2.38. The van der Waals surface area contributed by atoms with Crippen molar-refractivity contribution >= 4 is 49.1 Å². The Morgan fingerprint density at radius 3 is 2.68 bits per heavy atom. The van der Waals surface area contributed by atoms with E-state index in [1.54, 1.807) is 19.3 Å². The van der Waals surface area contributed by atoms with Gasteiger partial charge in [-0.15, -0.1) is 0 Å². The minimum atomic E-state index is -0.132. The normalized spacial score (nSPS) is 10.1. The molecule has 0 spiro atoms. The van der Waals surface area contributed by atoms with Crippen LogP contribution in [0.5, 0.6) is 0 Å². The lowest BCUT2D eigenvalue weighted by Gasteiger charge is -2.12. The van der Waals surface area contributed by atoms with Gasteiger partial charge in [-0.1, -0.05) is 12.1 Å². The molecule has 0 atom stereocenters. The molecule has 0 bridgehead atoms. The number of benzene rings is 1. The summed E-state index contributed by atoms with van der Waals surface area (Å²) in [6.45, 7) is 0. The van der Waals surface area contributed by atoms with Crippen molar-refractivity contribution in [3.05, 3.63) is 51.2 Å². The zero-order valence-corrected chi connectivity index (χ0v) is 13.2. The van der Waals surface area contributed by atoms with E-state index in [0.29, 0.717) is 5.56 Å². The summed E-state index contributed by atoms with van der Waals surface area (Å²) in [6, 6.07) is 9.16. The van der Waals surface area contributed by atoms with E-state index in [0.717, 1.165) is 20.5 Å². The number of nitrogens with zero attached hydrogens (tertiary/aromatic N) is 1. The molecule has 2 aromatic rings. The highest BCUT2D eigenvalue weighted by Gasteiger charge is 2.10. The molecule has 1 aromatic heterocycles. The summed E-state index contributed by atoms with van der Waals surface area (Å²) in [5, 5.41) is 5.84. The van der Waals surface area contributed by atoms with Crippen molar-refractivity contribution in [2.75, 3.05) is 12.4 Å². The molecule has 0 saturated carbocycles.